The minimum atomic E-state index is -0.864. The summed E-state index contributed by atoms with van der Waals surface area (Å²) in [6.07, 6.45) is 0.772. The van der Waals surface area contributed by atoms with Crippen LogP contribution in [0.4, 0.5) is 0 Å². The van der Waals surface area contributed by atoms with E-state index in [2.05, 4.69) is 4.98 Å². The molecule has 5 heteroatoms. The molecule has 0 spiro atoms. The van der Waals surface area contributed by atoms with Gasteiger partial charge in [0.25, 0.3) is 0 Å². The third-order valence-electron chi connectivity index (χ3n) is 2.10. The van der Waals surface area contributed by atoms with E-state index < -0.39 is 5.60 Å². The van der Waals surface area contributed by atoms with Crippen LogP contribution in [0.25, 0.3) is 0 Å². The summed E-state index contributed by atoms with van der Waals surface area (Å²) in [5.74, 6) is 0. The van der Waals surface area contributed by atoms with Crippen molar-refractivity contribution >= 4 is 11.3 Å². The number of aromatic nitrogens is 1. The lowest BCUT2D eigenvalue weighted by Gasteiger charge is -2.16. The molecule has 0 fully saturated rings. The largest absolute Gasteiger partial charge is 0.385 e. The summed E-state index contributed by atoms with van der Waals surface area (Å²) in [7, 11) is 3.29. The van der Waals surface area contributed by atoms with Crippen molar-refractivity contribution < 1.29 is 14.6 Å². The quantitative estimate of drug-likeness (QED) is 0.829. The van der Waals surface area contributed by atoms with E-state index in [1.165, 1.54) is 11.3 Å². The van der Waals surface area contributed by atoms with Crippen molar-refractivity contribution in [2.45, 2.75) is 32.5 Å². The smallest absolute Gasteiger partial charge is 0.0956 e. The Labute approximate surface area is 100 Å². The van der Waals surface area contributed by atoms with Crippen molar-refractivity contribution in [2.24, 2.45) is 0 Å². The third kappa shape index (κ3) is 3.52. The van der Waals surface area contributed by atoms with Crippen LogP contribution in [-0.4, -0.2) is 30.9 Å². The van der Waals surface area contributed by atoms with Gasteiger partial charge in [0, 0.05) is 20.6 Å². The van der Waals surface area contributed by atoms with E-state index in [0.717, 1.165) is 22.0 Å². The average molecular weight is 245 g/mol. The SMILES string of the molecule is COCCc1nc(COC)c(C(C)(C)O)s1. The van der Waals surface area contributed by atoms with Crippen LogP contribution in [-0.2, 0) is 28.1 Å². The van der Waals surface area contributed by atoms with Crippen molar-refractivity contribution in [3.8, 4) is 0 Å². The van der Waals surface area contributed by atoms with Gasteiger partial charge in [-0.25, -0.2) is 4.98 Å². The standard InChI is InChI=1S/C11H19NO3S/c1-11(2,13)10-8(7-15-4)12-9(16-10)5-6-14-3/h13H,5-7H2,1-4H3. The number of aliphatic hydroxyl groups is 1. The van der Waals surface area contributed by atoms with Crippen LogP contribution in [0.2, 0.25) is 0 Å². The Balaban J connectivity index is 2.91. The Morgan fingerprint density at radius 2 is 2.00 bits per heavy atom. The van der Waals surface area contributed by atoms with Gasteiger partial charge in [-0.1, -0.05) is 0 Å². The van der Waals surface area contributed by atoms with Crippen molar-refractivity contribution in [3.05, 3.63) is 15.6 Å². The molecule has 0 aliphatic rings. The van der Waals surface area contributed by atoms with Crippen LogP contribution in [0.3, 0.4) is 0 Å². The van der Waals surface area contributed by atoms with Gasteiger partial charge < -0.3 is 14.6 Å². The molecule has 1 aromatic rings. The molecular weight excluding hydrogens is 226 g/mol. The van der Waals surface area contributed by atoms with E-state index in [1.54, 1.807) is 28.1 Å². The number of thiazole rings is 1. The molecule has 0 bridgehead atoms. The summed E-state index contributed by atoms with van der Waals surface area (Å²) in [6, 6.07) is 0. The number of rotatable bonds is 6. The second-order valence-corrected chi connectivity index (χ2v) is 5.20. The zero-order valence-corrected chi connectivity index (χ0v) is 11.1. The van der Waals surface area contributed by atoms with Crippen molar-refractivity contribution in [1.82, 2.24) is 4.98 Å². The lowest BCUT2D eigenvalue weighted by atomic mass is 10.1. The third-order valence-corrected chi connectivity index (χ3v) is 3.57. The first-order valence-corrected chi connectivity index (χ1v) is 6.00. The second kappa shape index (κ2) is 5.72. The summed E-state index contributed by atoms with van der Waals surface area (Å²) in [4.78, 5) is 5.33. The van der Waals surface area contributed by atoms with Gasteiger partial charge in [0.2, 0.25) is 0 Å². The minimum Gasteiger partial charge on any atom is -0.385 e. The molecule has 1 aromatic heterocycles. The highest BCUT2D eigenvalue weighted by molar-refractivity contribution is 7.11. The predicted octanol–water partition coefficient (Wildman–Crippen LogP) is 1.71. The van der Waals surface area contributed by atoms with E-state index in [1.807, 2.05) is 0 Å². The van der Waals surface area contributed by atoms with Crippen molar-refractivity contribution in [3.63, 3.8) is 0 Å². The van der Waals surface area contributed by atoms with E-state index in [9.17, 15) is 5.11 Å². The highest BCUT2D eigenvalue weighted by atomic mass is 32.1. The molecule has 92 valence electrons. The van der Waals surface area contributed by atoms with Crippen molar-refractivity contribution in [2.75, 3.05) is 20.8 Å². The highest BCUT2D eigenvalue weighted by Gasteiger charge is 2.24. The number of ether oxygens (including phenoxy) is 2. The average Bonchev–Trinajstić information content (AvgIpc) is 2.58. The predicted molar refractivity (Wildman–Crippen MR) is 63.7 cm³/mol. The van der Waals surface area contributed by atoms with E-state index in [0.29, 0.717) is 13.2 Å². The maximum Gasteiger partial charge on any atom is 0.0956 e. The summed E-state index contributed by atoms with van der Waals surface area (Å²) >= 11 is 1.53. The number of hydrogen-bond acceptors (Lipinski definition) is 5. The molecule has 0 amide bonds. The lowest BCUT2D eigenvalue weighted by molar-refractivity contribution is 0.0782. The van der Waals surface area contributed by atoms with Crippen LogP contribution < -0.4 is 0 Å². The maximum absolute atomic E-state index is 10.0. The lowest BCUT2D eigenvalue weighted by Crippen LogP contribution is -2.16. The molecule has 1 N–H and O–H groups in total. The van der Waals surface area contributed by atoms with Crippen LogP contribution in [0.1, 0.15) is 29.4 Å². The number of hydrogen-bond donors (Lipinski definition) is 1. The first kappa shape index (κ1) is 13.6. The molecule has 1 heterocycles. The fraction of sp³-hybridized carbons (Fsp3) is 0.727. The van der Waals surface area contributed by atoms with Gasteiger partial charge in [0.05, 0.1) is 34.4 Å². The summed E-state index contributed by atoms with van der Waals surface area (Å²) in [6.45, 7) is 4.60. The van der Waals surface area contributed by atoms with Crippen LogP contribution in [0.15, 0.2) is 0 Å². The van der Waals surface area contributed by atoms with E-state index in [-0.39, 0.29) is 0 Å². The fourth-order valence-electron chi connectivity index (χ4n) is 1.41. The monoisotopic (exact) mass is 245 g/mol. The van der Waals surface area contributed by atoms with Gasteiger partial charge in [0.15, 0.2) is 0 Å². The minimum absolute atomic E-state index is 0.433. The van der Waals surface area contributed by atoms with Crippen LogP contribution >= 0.6 is 11.3 Å². The Hall–Kier alpha value is -0.490. The summed E-state index contributed by atoms with van der Waals surface area (Å²) < 4.78 is 10.1. The van der Waals surface area contributed by atoms with Gasteiger partial charge in [-0.3, -0.25) is 0 Å². The molecule has 16 heavy (non-hydrogen) atoms. The van der Waals surface area contributed by atoms with Gasteiger partial charge in [-0.15, -0.1) is 11.3 Å². The topological polar surface area (TPSA) is 51.6 Å². The normalized spacial score (nSPS) is 12.1. The molecule has 4 nitrogen and oxygen atoms in total. The first-order chi connectivity index (χ1) is 7.49. The molecule has 0 saturated carbocycles. The molecule has 0 saturated heterocycles. The molecule has 0 aromatic carbocycles. The molecule has 1 rings (SSSR count). The van der Waals surface area contributed by atoms with Gasteiger partial charge in [-0.05, 0) is 13.8 Å². The maximum atomic E-state index is 10.0. The molecule has 0 aliphatic carbocycles. The van der Waals surface area contributed by atoms with E-state index >= 15 is 0 Å². The van der Waals surface area contributed by atoms with Gasteiger partial charge in [-0.2, -0.15) is 0 Å². The first-order valence-electron chi connectivity index (χ1n) is 5.18. The molecule has 0 radical (unpaired) electrons. The zero-order chi connectivity index (χ0) is 12.2. The van der Waals surface area contributed by atoms with Crippen LogP contribution in [0, 0.1) is 0 Å². The molecular formula is C11H19NO3S. The van der Waals surface area contributed by atoms with Crippen LogP contribution in [0.5, 0.6) is 0 Å². The summed E-state index contributed by atoms with van der Waals surface area (Å²) in [5.41, 5.74) is -0.0391. The zero-order valence-electron chi connectivity index (χ0n) is 10.2. The highest BCUT2D eigenvalue weighted by Crippen LogP contribution is 2.30. The van der Waals surface area contributed by atoms with Crippen molar-refractivity contribution in [1.29, 1.82) is 0 Å². The van der Waals surface area contributed by atoms with Gasteiger partial charge in [0.1, 0.15) is 0 Å². The Kier molecular flexibility index (Phi) is 4.86. The Morgan fingerprint density at radius 3 is 2.50 bits per heavy atom. The molecule has 0 unspecified atom stereocenters. The molecule has 0 atom stereocenters. The van der Waals surface area contributed by atoms with E-state index in [4.69, 9.17) is 9.47 Å². The summed E-state index contributed by atoms with van der Waals surface area (Å²) in [5, 5.41) is 11.0. The Bertz CT molecular complexity index is 330. The van der Waals surface area contributed by atoms with Gasteiger partial charge >= 0.3 is 0 Å². The number of methoxy groups -OCH3 is 2. The molecule has 0 aliphatic heterocycles. The Morgan fingerprint density at radius 1 is 1.31 bits per heavy atom. The fourth-order valence-corrected chi connectivity index (χ4v) is 2.46. The second-order valence-electron chi connectivity index (χ2n) is 4.12. The number of nitrogens with zero attached hydrogens (tertiary/aromatic N) is 1.